The van der Waals surface area contributed by atoms with Crippen molar-refractivity contribution in [3.05, 3.63) is 71.7 Å². The monoisotopic (exact) mass is 443 g/mol. The van der Waals surface area contributed by atoms with Crippen LogP contribution >= 0.6 is 0 Å². The molecule has 2 aliphatic heterocycles. The molecule has 0 fully saturated rings. The normalized spacial score (nSPS) is 25.7. The van der Waals surface area contributed by atoms with E-state index in [9.17, 15) is 0 Å². The Bertz CT molecular complexity index is 1390. The molecule has 33 heavy (non-hydrogen) atoms. The number of nitrogens with two attached hydrogens (primary N) is 2. The van der Waals surface area contributed by atoms with E-state index >= 15 is 0 Å². The molecule has 0 saturated heterocycles. The van der Waals surface area contributed by atoms with Crippen LogP contribution in [0.25, 0.3) is 11.0 Å². The fourth-order valence-electron chi connectivity index (χ4n) is 4.82. The lowest BCUT2D eigenvalue weighted by molar-refractivity contribution is 0.207. The van der Waals surface area contributed by atoms with Gasteiger partial charge in [0.15, 0.2) is 5.75 Å². The fourth-order valence-corrected chi connectivity index (χ4v) is 4.82. The first-order chi connectivity index (χ1) is 16.0. The number of amidine groups is 1. The fraction of sp³-hybridized carbons (Fsp3) is 0.261. The first-order valence-corrected chi connectivity index (χ1v) is 10.5. The number of nitrogens with zero attached hydrogens (tertiary/aromatic N) is 5. The molecule has 3 aliphatic rings. The van der Waals surface area contributed by atoms with Crippen molar-refractivity contribution in [1.29, 1.82) is 0 Å². The Hall–Kier alpha value is -4.05. The SMILES string of the molecule is COc1cnc2c(C3(N)C=CC4=C(C3)C3(CCOC(N)=N3)c3ccncc3O4)nccc2n1. The van der Waals surface area contributed by atoms with Gasteiger partial charge in [0.2, 0.25) is 5.88 Å². The van der Waals surface area contributed by atoms with E-state index in [1.807, 2.05) is 18.2 Å². The van der Waals surface area contributed by atoms with E-state index in [0.717, 1.165) is 11.1 Å². The predicted molar refractivity (Wildman–Crippen MR) is 119 cm³/mol. The Kier molecular flexibility index (Phi) is 4.15. The summed E-state index contributed by atoms with van der Waals surface area (Å²) in [6.07, 6.45) is 11.4. The topological polar surface area (TPSA) is 144 Å². The molecule has 3 aromatic rings. The molecule has 10 nitrogen and oxygen atoms in total. The number of pyridine rings is 2. The van der Waals surface area contributed by atoms with Gasteiger partial charge in [-0.2, -0.15) is 0 Å². The number of ether oxygens (including phenoxy) is 3. The Labute approximate surface area is 189 Å². The second-order valence-corrected chi connectivity index (χ2v) is 8.22. The number of aromatic nitrogens is 4. The van der Waals surface area contributed by atoms with E-state index in [-0.39, 0.29) is 6.02 Å². The van der Waals surface area contributed by atoms with Crippen molar-refractivity contribution >= 4 is 17.1 Å². The van der Waals surface area contributed by atoms with Crippen LogP contribution in [0.15, 0.2) is 65.4 Å². The molecule has 10 heteroatoms. The zero-order chi connectivity index (χ0) is 22.6. The van der Waals surface area contributed by atoms with Crippen LogP contribution in [0.5, 0.6) is 11.6 Å². The molecule has 0 bridgehead atoms. The van der Waals surface area contributed by atoms with E-state index < -0.39 is 11.1 Å². The Morgan fingerprint density at radius 1 is 1.15 bits per heavy atom. The van der Waals surface area contributed by atoms with E-state index in [1.165, 1.54) is 0 Å². The number of allylic oxidation sites excluding steroid dienone is 1. The summed E-state index contributed by atoms with van der Waals surface area (Å²) in [4.78, 5) is 22.6. The van der Waals surface area contributed by atoms with Crippen LogP contribution in [0, 0.1) is 0 Å². The lowest BCUT2D eigenvalue weighted by atomic mass is 9.70. The van der Waals surface area contributed by atoms with Crippen molar-refractivity contribution in [1.82, 2.24) is 19.9 Å². The molecule has 5 heterocycles. The molecule has 6 rings (SSSR count). The minimum absolute atomic E-state index is 0.135. The summed E-state index contributed by atoms with van der Waals surface area (Å²) in [7, 11) is 1.55. The van der Waals surface area contributed by atoms with Crippen LogP contribution in [0.4, 0.5) is 0 Å². The molecule has 2 unspecified atom stereocenters. The van der Waals surface area contributed by atoms with Gasteiger partial charge in [0.1, 0.15) is 16.8 Å². The van der Waals surface area contributed by atoms with Crippen LogP contribution in [0.1, 0.15) is 24.1 Å². The Morgan fingerprint density at radius 3 is 2.91 bits per heavy atom. The van der Waals surface area contributed by atoms with Crippen LogP contribution in [0.2, 0.25) is 0 Å². The van der Waals surface area contributed by atoms with Gasteiger partial charge in [-0.1, -0.05) is 6.08 Å². The highest BCUT2D eigenvalue weighted by Gasteiger charge is 2.49. The Balaban J connectivity index is 1.51. The summed E-state index contributed by atoms with van der Waals surface area (Å²) in [6, 6.07) is 3.83. The van der Waals surface area contributed by atoms with Crippen LogP contribution in [-0.2, 0) is 15.8 Å². The zero-order valence-electron chi connectivity index (χ0n) is 17.9. The average molecular weight is 443 g/mol. The largest absolute Gasteiger partial charge is 0.480 e. The smallest absolute Gasteiger partial charge is 0.283 e. The zero-order valence-corrected chi connectivity index (χ0v) is 17.9. The van der Waals surface area contributed by atoms with Gasteiger partial charge < -0.3 is 25.7 Å². The summed E-state index contributed by atoms with van der Waals surface area (Å²) in [5.41, 5.74) is 15.0. The minimum Gasteiger partial charge on any atom is -0.480 e. The van der Waals surface area contributed by atoms with Gasteiger partial charge in [-0.25, -0.2) is 15.0 Å². The predicted octanol–water partition coefficient (Wildman–Crippen LogP) is 1.82. The number of hydrogen-bond donors (Lipinski definition) is 2. The minimum atomic E-state index is -0.967. The molecule has 0 radical (unpaired) electrons. The van der Waals surface area contributed by atoms with Gasteiger partial charge in [0.25, 0.3) is 6.02 Å². The summed E-state index contributed by atoms with van der Waals surface area (Å²) in [6.45, 7) is 0.424. The third-order valence-corrected chi connectivity index (χ3v) is 6.35. The molecule has 1 aliphatic carbocycles. The van der Waals surface area contributed by atoms with Gasteiger partial charge in [0, 0.05) is 36.4 Å². The van der Waals surface area contributed by atoms with Crippen molar-refractivity contribution in [3.63, 3.8) is 0 Å². The van der Waals surface area contributed by atoms with Crippen LogP contribution < -0.4 is 20.9 Å². The molecule has 2 atom stereocenters. The third kappa shape index (κ3) is 2.87. The Morgan fingerprint density at radius 2 is 2.06 bits per heavy atom. The van der Waals surface area contributed by atoms with E-state index in [0.29, 0.717) is 53.6 Å². The van der Waals surface area contributed by atoms with Gasteiger partial charge in [-0.15, -0.1) is 0 Å². The maximum atomic E-state index is 7.01. The van der Waals surface area contributed by atoms with Gasteiger partial charge in [0.05, 0.1) is 42.9 Å². The van der Waals surface area contributed by atoms with Crippen LogP contribution in [0.3, 0.4) is 0 Å². The molecule has 0 amide bonds. The van der Waals surface area contributed by atoms with Crippen molar-refractivity contribution in [2.24, 2.45) is 16.5 Å². The van der Waals surface area contributed by atoms with Crippen molar-refractivity contribution in [2.45, 2.75) is 23.9 Å². The highest BCUT2D eigenvalue weighted by Crippen LogP contribution is 2.53. The number of aliphatic imine (C=N–C) groups is 1. The van der Waals surface area contributed by atoms with E-state index in [1.54, 1.807) is 38.0 Å². The molecule has 0 saturated carbocycles. The highest BCUT2D eigenvalue weighted by atomic mass is 16.5. The average Bonchev–Trinajstić information content (AvgIpc) is 2.84. The molecule has 166 valence electrons. The molecule has 0 aromatic carbocycles. The first-order valence-electron chi connectivity index (χ1n) is 10.5. The maximum Gasteiger partial charge on any atom is 0.283 e. The molecular formula is C23H21N7O3. The quantitative estimate of drug-likeness (QED) is 0.606. The van der Waals surface area contributed by atoms with E-state index in [4.69, 9.17) is 30.7 Å². The first kappa shape index (κ1) is 19.6. The number of methoxy groups -OCH3 is 1. The van der Waals surface area contributed by atoms with Gasteiger partial charge in [-0.3, -0.25) is 9.97 Å². The second-order valence-electron chi connectivity index (χ2n) is 8.22. The molecule has 4 N–H and O–H groups in total. The van der Waals surface area contributed by atoms with Crippen molar-refractivity contribution in [3.8, 4) is 11.6 Å². The molecular weight excluding hydrogens is 422 g/mol. The lowest BCUT2D eigenvalue weighted by Gasteiger charge is -2.44. The van der Waals surface area contributed by atoms with E-state index in [2.05, 4.69) is 19.9 Å². The van der Waals surface area contributed by atoms with Crippen molar-refractivity contribution < 1.29 is 14.2 Å². The summed E-state index contributed by atoms with van der Waals surface area (Å²) in [5, 5.41) is 0. The standard InChI is InChI=1S/C23H21N7O3/c1-31-18-12-28-19-15(29-18)4-8-27-20(19)22(25)5-2-16-14(10-22)23(6-9-32-21(24)30-23)13-3-7-26-11-17(13)33-16/h2-5,7-8,11-12H,6,9-10,25H2,1H3,(H2,24,30). The van der Waals surface area contributed by atoms with Crippen molar-refractivity contribution in [2.75, 3.05) is 13.7 Å². The number of rotatable bonds is 2. The summed E-state index contributed by atoms with van der Waals surface area (Å²) >= 11 is 0. The van der Waals surface area contributed by atoms with Gasteiger partial charge >= 0.3 is 0 Å². The molecule has 1 spiro atoms. The second kappa shape index (κ2) is 6.97. The summed E-state index contributed by atoms with van der Waals surface area (Å²) in [5.74, 6) is 1.75. The van der Waals surface area contributed by atoms with Gasteiger partial charge in [-0.05, 0) is 18.2 Å². The third-order valence-electron chi connectivity index (χ3n) is 6.35. The number of hydrogen-bond acceptors (Lipinski definition) is 10. The lowest BCUT2D eigenvalue weighted by Crippen LogP contribution is -2.46. The summed E-state index contributed by atoms with van der Waals surface area (Å²) < 4.78 is 16.9. The number of fused-ring (bicyclic) bond motifs is 4. The highest BCUT2D eigenvalue weighted by molar-refractivity contribution is 5.78. The molecule has 3 aromatic heterocycles. The maximum absolute atomic E-state index is 7.01. The van der Waals surface area contributed by atoms with Crippen LogP contribution in [-0.4, -0.2) is 39.7 Å².